The Morgan fingerprint density at radius 1 is 1.30 bits per heavy atom. The van der Waals surface area contributed by atoms with Crippen LogP contribution in [0.1, 0.15) is 24.5 Å². The van der Waals surface area contributed by atoms with Crippen molar-refractivity contribution < 1.29 is 29.3 Å². The summed E-state index contributed by atoms with van der Waals surface area (Å²) in [4.78, 5) is 38.5. The van der Waals surface area contributed by atoms with Gasteiger partial charge in [0.05, 0.1) is 24.6 Å². The van der Waals surface area contributed by atoms with Gasteiger partial charge < -0.3 is 24.7 Å². The number of benzene rings is 1. The number of hydrogen-bond donors (Lipinski definition) is 2. The molecular weight excluding hydrogens is 352 g/mol. The zero-order chi connectivity index (χ0) is 19.3. The van der Waals surface area contributed by atoms with Gasteiger partial charge >= 0.3 is 12.1 Å². The average molecular weight is 372 g/mol. The molecule has 2 fully saturated rings. The summed E-state index contributed by atoms with van der Waals surface area (Å²) in [5, 5.41) is 19.4. The molecule has 0 saturated carbocycles. The molecule has 0 aliphatic carbocycles. The molecule has 3 atom stereocenters. The molecule has 142 valence electrons. The normalized spacial score (nSPS) is 25.4. The van der Waals surface area contributed by atoms with Gasteiger partial charge in [-0.1, -0.05) is 24.3 Å². The summed E-state index contributed by atoms with van der Waals surface area (Å²) in [6.45, 7) is 2.92. The number of aliphatic hydroxyl groups is 1. The van der Waals surface area contributed by atoms with Crippen LogP contribution >= 0.6 is 0 Å². The van der Waals surface area contributed by atoms with Crippen LogP contribution in [0, 0.1) is 5.92 Å². The van der Waals surface area contributed by atoms with Crippen molar-refractivity contribution in [2.24, 2.45) is 5.92 Å². The van der Waals surface area contributed by atoms with E-state index in [4.69, 9.17) is 4.74 Å². The summed E-state index contributed by atoms with van der Waals surface area (Å²) in [5.41, 5.74) is 2.23. The van der Waals surface area contributed by atoms with E-state index in [1.807, 2.05) is 24.3 Å². The number of cyclic esters (lactones) is 1. The predicted octanol–water partition coefficient (Wildman–Crippen LogP) is 1.05. The van der Waals surface area contributed by atoms with Crippen LogP contribution in [0.5, 0.6) is 0 Å². The number of hydrogen-bond acceptors (Lipinski definition) is 5. The Morgan fingerprint density at radius 3 is 2.56 bits per heavy atom. The number of carbonyl (C=O) groups is 3. The summed E-state index contributed by atoms with van der Waals surface area (Å²) in [5.74, 6) is -2.04. The molecule has 2 N–H and O–H groups in total. The topological polar surface area (TPSA) is 107 Å². The van der Waals surface area contributed by atoms with Crippen molar-refractivity contribution in [1.82, 2.24) is 9.80 Å². The van der Waals surface area contributed by atoms with Crippen LogP contribution in [0.3, 0.4) is 0 Å². The van der Waals surface area contributed by atoms with Gasteiger partial charge in [0.1, 0.15) is 12.3 Å². The third kappa shape index (κ3) is 2.76. The fraction of sp³-hybridized carbons (Fsp3) is 0.421. The van der Waals surface area contributed by atoms with E-state index in [9.17, 15) is 24.6 Å². The van der Waals surface area contributed by atoms with E-state index in [0.717, 1.165) is 11.1 Å². The van der Waals surface area contributed by atoms with Crippen molar-refractivity contribution in [3.63, 3.8) is 0 Å². The first-order valence-electron chi connectivity index (χ1n) is 8.87. The van der Waals surface area contributed by atoms with E-state index >= 15 is 0 Å². The molecule has 8 heteroatoms. The minimum atomic E-state index is -1.14. The van der Waals surface area contributed by atoms with Crippen molar-refractivity contribution >= 4 is 23.5 Å². The lowest BCUT2D eigenvalue weighted by Gasteiger charge is -2.44. The van der Waals surface area contributed by atoms with Crippen molar-refractivity contribution in [1.29, 1.82) is 0 Å². The molecule has 0 bridgehead atoms. The van der Waals surface area contributed by atoms with Gasteiger partial charge in [-0.05, 0) is 30.0 Å². The molecule has 0 spiro atoms. The van der Waals surface area contributed by atoms with Crippen molar-refractivity contribution in [2.75, 3.05) is 13.2 Å². The van der Waals surface area contributed by atoms with Gasteiger partial charge in [-0.3, -0.25) is 4.79 Å². The molecule has 1 aromatic rings. The Bertz CT molecular complexity index is 844. The lowest BCUT2D eigenvalue weighted by atomic mass is 9.82. The summed E-state index contributed by atoms with van der Waals surface area (Å²) in [6.07, 6.45) is -0.741. The van der Waals surface area contributed by atoms with Crippen molar-refractivity contribution in [3.8, 4) is 0 Å². The molecule has 2 amide bonds. The maximum Gasteiger partial charge on any atom is 0.410 e. The monoisotopic (exact) mass is 372 g/mol. The van der Waals surface area contributed by atoms with E-state index in [1.54, 1.807) is 11.8 Å². The number of amides is 2. The zero-order valence-electron chi connectivity index (χ0n) is 14.8. The molecule has 3 heterocycles. The SMILES string of the molecule is C[C@@H](O)[C@H]1C(=O)N2C(C(=O)O)=C(c3ccc(CN4CCOC4=O)cc3)C[C@H]12. The Morgan fingerprint density at radius 2 is 2.00 bits per heavy atom. The number of β-lactam (4-membered cyclic amide) rings is 1. The van der Waals surface area contributed by atoms with Crippen LogP contribution in [-0.2, 0) is 20.9 Å². The van der Waals surface area contributed by atoms with Crippen LogP contribution in [0.2, 0.25) is 0 Å². The van der Waals surface area contributed by atoms with Crippen molar-refractivity contribution in [3.05, 3.63) is 41.1 Å². The molecular formula is C19H20N2O6. The van der Waals surface area contributed by atoms with E-state index in [1.165, 1.54) is 4.90 Å². The van der Waals surface area contributed by atoms with Gasteiger partial charge in [0.25, 0.3) is 0 Å². The largest absolute Gasteiger partial charge is 0.477 e. The standard InChI is InChI=1S/C19H20N2O6/c1-10(22)15-14-8-13(16(18(24)25)21(14)17(15)23)12-4-2-11(3-5-12)9-20-6-7-27-19(20)26/h2-5,10,14-15,22H,6-9H2,1H3,(H,24,25)/t10-,14-,15-/m1/s1. The highest BCUT2D eigenvalue weighted by Gasteiger charge is 2.56. The summed E-state index contributed by atoms with van der Waals surface area (Å²) in [6, 6.07) is 7.00. The predicted molar refractivity (Wildman–Crippen MR) is 93.2 cm³/mol. The number of carboxylic acid groups (broad SMARTS) is 1. The number of aliphatic carboxylic acids is 1. The number of nitrogens with zero attached hydrogens (tertiary/aromatic N) is 2. The molecule has 2 saturated heterocycles. The molecule has 0 aromatic heterocycles. The molecule has 8 nitrogen and oxygen atoms in total. The van der Waals surface area contributed by atoms with Gasteiger partial charge in [-0.2, -0.15) is 0 Å². The van der Waals surface area contributed by atoms with E-state index in [-0.39, 0.29) is 23.7 Å². The second kappa shape index (κ2) is 6.38. The zero-order valence-corrected chi connectivity index (χ0v) is 14.8. The molecule has 4 rings (SSSR count). The average Bonchev–Trinajstić information content (AvgIpc) is 3.17. The van der Waals surface area contributed by atoms with Crippen LogP contribution in [0.15, 0.2) is 30.0 Å². The Hall–Kier alpha value is -2.87. The number of fused-ring (bicyclic) bond motifs is 1. The van der Waals surface area contributed by atoms with Crippen molar-refractivity contribution in [2.45, 2.75) is 32.0 Å². The molecule has 1 aromatic carbocycles. The Kier molecular flexibility index (Phi) is 4.15. The highest BCUT2D eigenvalue weighted by Crippen LogP contribution is 2.46. The lowest BCUT2D eigenvalue weighted by Crippen LogP contribution is -2.61. The second-order valence-corrected chi connectivity index (χ2v) is 7.11. The first-order valence-corrected chi connectivity index (χ1v) is 8.87. The Balaban J connectivity index is 1.58. The highest BCUT2D eigenvalue weighted by atomic mass is 16.6. The minimum Gasteiger partial charge on any atom is -0.477 e. The first kappa shape index (κ1) is 17.5. The quantitative estimate of drug-likeness (QED) is 0.748. The second-order valence-electron chi connectivity index (χ2n) is 7.11. The molecule has 3 aliphatic rings. The third-order valence-corrected chi connectivity index (χ3v) is 5.45. The number of carbonyl (C=O) groups excluding carboxylic acids is 2. The Labute approximate surface area is 155 Å². The van der Waals surface area contributed by atoms with Gasteiger partial charge in [0, 0.05) is 6.54 Å². The van der Waals surface area contributed by atoms with E-state index in [2.05, 4.69) is 0 Å². The lowest BCUT2D eigenvalue weighted by molar-refractivity contribution is -0.161. The van der Waals surface area contributed by atoms with Crippen LogP contribution in [0.25, 0.3) is 5.57 Å². The summed E-state index contributed by atoms with van der Waals surface area (Å²) in [7, 11) is 0. The highest BCUT2D eigenvalue weighted by molar-refractivity contribution is 6.06. The smallest absolute Gasteiger partial charge is 0.410 e. The van der Waals surface area contributed by atoms with E-state index in [0.29, 0.717) is 31.7 Å². The number of carboxylic acids is 1. The van der Waals surface area contributed by atoms with Gasteiger partial charge in [-0.25, -0.2) is 9.59 Å². The maximum absolute atomic E-state index is 12.3. The number of rotatable bonds is 5. The number of ether oxygens (including phenoxy) is 1. The summed E-state index contributed by atoms with van der Waals surface area (Å²) >= 11 is 0. The molecule has 0 unspecified atom stereocenters. The minimum absolute atomic E-state index is 0.00206. The van der Waals surface area contributed by atoms with E-state index < -0.39 is 18.0 Å². The van der Waals surface area contributed by atoms with Gasteiger partial charge in [-0.15, -0.1) is 0 Å². The molecule has 27 heavy (non-hydrogen) atoms. The van der Waals surface area contributed by atoms with Gasteiger partial charge in [0.15, 0.2) is 0 Å². The van der Waals surface area contributed by atoms with Gasteiger partial charge in [0.2, 0.25) is 5.91 Å². The van der Waals surface area contributed by atoms with Crippen LogP contribution in [-0.4, -0.2) is 63.3 Å². The van der Waals surface area contributed by atoms with Crippen LogP contribution < -0.4 is 0 Å². The fourth-order valence-electron chi connectivity index (χ4n) is 4.13. The first-order chi connectivity index (χ1) is 12.9. The summed E-state index contributed by atoms with van der Waals surface area (Å²) < 4.78 is 4.91. The fourth-order valence-corrected chi connectivity index (χ4v) is 4.13. The molecule has 3 aliphatic heterocycles. The third-order valence-electron chi connectivity index (χ3n) is 5.45. The molecule has 0 radical (unpaired) electrons. The maximum atomic E-state index is 12.3. The number of aliphatic hydroxyl groups excluding tert-OH is 1. The van der Waals surface area contributed by atoms with Crippen LogP contribution in [0.4, 0.5) is 4.79 Å².